The molecular weight excluding hydrogens is 340 g/mol. The predicted octanol–water partition coefficient (Wildman–Crippen LogP) is 4.51. The van der Waals surface area contributed by atoms with Crippen LogP contribution in [0.1, 0.15) is 38.3 Å². The molecule has 0 aromatic heterocycles. The topological polar surface area (TPSA) is 58.6 Å². The third kappa shape index (κ3) is 4.88. The molecule has 5 nitrogen and oxygen atoms in total. The second-order valence-corrected chi connectivity index (χ2v) is 7.81. The summed E-state index contributed by atoms with van der Waals surface area (Å²) in [5, 5.41) is 2.91. The fourth-order valence-electron chi connectivity index (χ4n) is 3.03. The van der Waals surface area contributed by atoms with E-state index in [2.05, 4.69) is 50.4 Å². The lowest BCUT2D eigenvalue weighted by Crippen LogP contribution is -2.23. The van der Waals surface area contributed by atoms with Gasteiger partial charge in [0.1, 0.15) is 6.61 Å². The lowest BCUT2D eigenvalue weighted by atomic mass is 9.86. The molecule has 0 spiro atoms. The summed E-state index contributed by atoms with van der Waals surface area (Å²) < 4.78 is 4.96. The highest BCUT2D eigenvalue weighted by molar-refractivity contribution is 5.93. The molecule has 1 aliphatic heterocycles. The second kappa shape index (κ2) is 7.82. The van der Waals surface area contributed by atoms with Crippen LogP contribution in [-0.4, -0.2) is 25.2 Å². The number of nitrogens with zero attached hydrogens (tertiary/aromatic N) is 1. The number of hydrogen-bond donors (Lipinski definition) is 1. The van der Waals surface area contributed by atoms with E-state index in [4.69, 9.17) is 4.74 Å². The summed E-state index contributed by atoms with van der Waals surface area (Å²) in [6, 6.07) is 15.7. The van der Waals surface area contributed by atoms with Crippen LogP contribution in [0.3, 0.4) is 0 Å². The molecule has 0 atom stereocenters. The van der Waals surface area contributed by atoms with Crippen LogP contribution in [0, 0.1) is 0 Å². The highest BCUT2D eigenvalue weighted by Crippen LogP contribution is 2.24. The van der Waals surface area contributed by atoms with E-state index in [9.17, 15) is 9.59 Å². The van der Waals surface area contributed by atoms with Crippen molar-refractivity contribution >= 4 is 23.4 Å². The van der Waals surface area contributed by atoms with Gasteiger partial charge in [-0.1, -0.05) is 51.1 Å². The van der Waals surface area contributed by atoms with Crippen molar-refractivity contribution in [1.82, 2.24) is 0 Å². The van der Waals surface area contributed by atoms with Gasteiger partial charge in [-0.3, -0.25) is 9.69 Å². The van der Waals surface area contributed by atoms with Gasteiger partial charge < -0.3 is 10.1 Å². The summed E-state index contributed by atoms with van der Waals surface area (Å²) >= 11 is 0. The quantitative estimate of drug-likeness (QED) is 0.847. The number of rotatable bonds is 5. The second-order valence-electron chi connectivity index (χ2n) is 7.81. The van der Waals surface area contributed by atoms with Gasteiger partial charge in [0.05, 0.1) is 6.54 Å². The highest BCUT2D eigenvalue weighted by atomic mass is 16.6. The average molecular weight is 366 g/mol. The fourth-order valence-corrected chi connectivity index (χ4v) is 3.03. The third-order valence-electron chi connectivity index (χ3n) is 4.66. The Hall–Kier alpha value is -2.82. The van der Waals surface area contributed by atoms with Crippen LogP contribution >= 0.6 is 0 Å². The monoisotopic (exact) mass is 366 g/mol. The molecule has 2 aromatic rings. The number of carbonyl (C=O) groups excluding carboxylic acids is 2. The summed E-state index contributed by atoms with van der Waals surface area (Å²) in [7, 11) is 0. The first-order valence-corrected chi connectivity index (χ1v) is 9.26. The molecule has 27 heavy (non-hydrogen) atoms. The molecule has 0 aliphatic carbocycles. The van der Waals surface area contributed by atoms with E-state index in [0.29, 0.717) is 31.7 Å². The molecule has 2 aromatic carbocycles. The number of aryl methyl sites for hydroxylation is 1. The van der Waals surface area contributed by atoms with Gasteiger partial charge in [-0.15, -0.1) is 0 Å². The van der Waals surface area contributed by atoms with Crippen LogP contribution in [-0.2, 0) is 21.4 Å². The zero-order valence-corrected chi connectivity index (χ0v) is 16.1. The molecule has 1 aliphatic rings. The molecule has 0 radical (unpaired) electrons. The molecule has 142 valence electrons. The average Bonchev–Trinajstić information content (AvgIpc) is 3.06. The molecule has 3 rings (SSSR count). The van der Waals surface area contributed by atoms with Gasteiger partial charge in [0.15, 0.2) is 0 Å². The Morgan fingerprint density at radius 1 is 1.15 bits per heavy atom. The largest absolute Gasteiger partial charge is 0.447 e. The Balaban J connectivity index is 1.56. The number of ether oxygens (including phenoxy) is 1. The van der Waals surface area contributed by atoms with E-state index in [1.165, 1.54) is 5.56 Å². The molecule has 1 heterocycles. The molecule has 0 bridgehead atoms. The fraction of sp³-hybridized carbons (Fsp3) is 0.364. The van der Waals surface area contributed by atoms with Gasteiger partial charge in [0, 0.05) is 17.8 Å². The van der Waals surface area contributed by atoms with Crippen molar-refractivity contribution < 1.29 is 14.3 Å². The van der Waals surface area contributed by atoms with E-state index >= 15 is 0 Å². The number of cyclic esters (lactones) is 1. The molecule has 0 saturated carbocycles. The smallest absolute Gasteiger partial charge is 0.414 e. The SMILES string of the molecule is CC(C)(C)c1ccc(CCC(=O)Nc2cccc(N3CCOC3=O)c2)cc1. The van der Waals surface area contributed by atoms with Gasteiger partial charge in [0.2, 0.25) is 5.91 Å². The number of benzene rings is 2. The lowest BCUT2D eigenvalue weighted by molar-refractivity contribution is -0.116. The summed E-state index contributed by atoms with van der Waals surface area (Å²) in [6.07, 6.45) is 0.747. The maximum absolute atomic E-state index is 12.3. The maximum Gasteiger partial charge on any atom is 0.414 e. The van der Waals surface area contributed by atoms with E-state index in [1.807, 2.05) is 18.2 Å². The summed E-state index contributed by atoms with van der Waals surface area (Å²) in [4.78, 5) is 25.5. The van der Waals surface area contributed by atoms with Crippen LogP contribution < -0.4 is 10.2 Å². The van der Waals surface area contributed by atoms with Crippen molar-refractivity contribution in [3.63, 3.8) is 0 Å². The van der Waals surface area contributed by atoms with E-state index < -0.39 is 0 Å². The number of anilines is 2. The molecule has 1 fully saturated rings. The number of carbonyl (C=O) groups is 2. The first kappa shape index (κ1) is 19.0. The Labute approximate surface area is 160 Å². The van der Waals surface area contributed by atoms with E-state index in [0.717, 1.165) is 11.3 Å². The van der Waals surface area contributed by atoms with Gasteiger partial charge in [0.25, 0.3) is 0 Å². The summed E-state index contributed by atoms with van der Waals surface area (Å²) in [5.41, 5.74) is 3.97. The summed E-state index contributed by atoms with van der Waals surface area (Å²) in [6.45, 7) is 7.48. The molecule has 1 saturated heterocycles. The minimum atomic E-state index is -0.350. The first-order chi connectivity index (χ1) is 12.8. The number of nitrogens with one attached hydrogen (secondary N) is 1. The molecule has 1 N–H and O–H groups in total. The highest BCUT2D eigenvalue weighted by Gasteiger charge is 2.23. The zero-order valence-electron chi connectivity index (χ0n) is 16.1. The first-order valence-electron chi connectivity index (χ1n) is 9.26. The van der Waals surface area contributed by atoms with E-state index in [-0.39, 0.29) is 17.4 Å². The van der Waals surface area contributed by atoms with Gasteiger partial charge >= 0.3 is 6.09 Å². The normalized spacial score (nSPS) is 14.2. The van der Waals surface area contributed by atoms with Crippen LogP contribution in [0.4, 0.5) is 16.2 Å². The maximum atomic E-state index is 12.3. The van der Waals surface area contributed by atoms with Crippen LogP contribution in [0.15, 0.2) is 48.5 Å². The van der Waals surface area contributed by atoms with Crippen molar-refractivity contribution in [3.05, 3.63) is 59.7 Å². The van der Waals surface area contributed by atoms with Crippen molar-refractivity contribution in [3.8, 4) is 0 Å². The van der Waals surface area contributed by atoms with Crippen molar-refractivity contribution in [2.24, 2.45) is 0 Å². The number of amides is 2. The predicted molar refractivity (Wildman–Crippen MR) is 107 cm³/mol. The van der Waals surface area contributed by atoms with Gasteiger partial charge in [-0.2, -0.15) is 0 Å². The van der Waals surface area contributed by atoms with Gasteiger partial charge in [-0.25, -0.2) is 4.79 Å². The van der Waals surface area contributed by atoms with Gasteiger partial charge in [-0.05, 0) is 41.2 Å². The van der Waals surface area contributed by atoms with Crippen molar-refractivity contribution in [1.29, 1.82) is 0 Å². The Morgan fingerprint density at radius 2 is 1.89 bits per heavy atom. The zero-order chi connectivity index (χ0) is 19.4. The minimum Gasteiger partial charge on any atom is -0.447 e. The lowest BCUT2D eigenvalue weighted by Gasteiger charge is -2.19. The van der Waals surface area contributed by atoms with Crippen molar-refractivity contribution in [2.45, 2.75) is 39.0 Å². The molecule has 0 unspecified atom stereocenters. The Morgan fingerprint density at radius 3 is 2.52 bits per heavy atom. The van der Waals surface area contributed by atoms with Crippen molar-refractivity contribution in [2.75, 3.05) is 23.4 Å². The number of hydrogen-bond acceptors (Lipinski definition) is 3. The molecule has 5 heteroatoms. The minimum absolute atomic E-state index is 0.0453. The Bertz CT molecular complexity index is 822. The van der Waals surface area contributed by atoms with Crippen LogP contribution in [0.2, 0.25) is 0 Å². The standard InChI is InChI=1S/C22H26N2O3/c1-22(2,3)17-10-7-16(8-11-17)9-12-20(25)23-18-5-4-6-19(15-18)24-13-14-27-21(24)26/h4-8,10-11,15H,9,12-14H2,1-3H3,(H,23,25). The Kier molecular flexibility index (Phi) is 5.49. The molecule has 2 amide bonds. The van der Waals surface area contributed by atoms with Crippen LogP contribution in [0.5, 0.6) is 0 Å². The molecular formula is C22H26N2O3. The third-order valence-corrected chi connectivity index (χ3v) is 4.66. The summed E-state index contributed by atoms with van der Waals surface area (Å²) in [5.74, 6) is -0.0453. The van der Waals surface area contributed by atoms with Crippen LogP contribution in [0.25, 0.3) is 0 Å². The van der Waals surface area contributed by atoms with E-state index in [1.54, 1.807) is 11.0 Å².